The maximum absolute atomic E-state index is 12.8. The van der Waals surface area contributed by atoms with E-state index in [0.717, 1.165) is 194 Å². The van der Waals surface area contributed by atoms with Gasteiger partial charge in [0.15, 0.2) is 0 Å². The highest BCUT2D eigenvalue weighted by Gasteiger charge is 2.22. The van der Waals surface area contributed by atoms with Gasteiger partial charge in [-0.3, -0.25) is 0 Å². The number of aryl methyl sites for hydroxylation is 6. The van der Waals surface area contributed by atoms with Crippen LogP contribution in [0.1, 0.15) is 103 Å². The minimum absolute atomic E-state index is 0.00704. The fourth-order valence-corrected chi connectivity index (χ4v) is 18.3. The number of aliphatic hydroxyl groups is 2. The fraction of sp³-hybridized carbons (Fsp3) is 0.248. The molecule has 0 aliphatic carbocycles. The molecule has 0 radical (unpaired) electrons. The van der Waals surface area contributed by atoms with Gasteiger partial charge in [0.1, 0.15) is 39.1 Å². The predicted octanol–water partition coefficient (Wildman–Crippen LogP) is 18.4. The molecule has 0 unspecified atom stereocenters. The quantitative estimate of drug-likeness (QED) is 0.0221. The summed E-state index contributed by atoms with van der Waals surface area (Å²) >= 11 is 0. The Labute approximate surface area is 818 Å². The maximum atomic E-state index is 12.8. The summed E-state index contributed by atoms with van der Waals surface area (Å²) in [5.74, 6) is 0. The molecule has 0 fully saturated rings. The molecule has 0 saturated carbocycles. The average molecular weight is 1920 g/mol. The van der Waals surface area contributed by atoms with E-state index in [0.29, 0.717) is 136 Å². The van der Waals surface area contributed by atoms with Gasteiger partial charge in [-0.25, -0.2) is 33.6 Å². The molecule has 0 amide bonds. The van der Waals surface area contributed by atoms with Gasteiger partial charge in [0.05, 0.1) is 16.7 Å². The van der Waals surface area contributed by atoms with Crippen LogP contribution in [0.5, 0.6) is 0 Å². The van der Waals surface area contributed by atoms with Crippen LogP contribution in [0.3, 0.4) is 0 Å². The van der Waals surface area contributed by atoms with Crippen molar-refractivity contribution < 1.29 is 41.1 Å². The maximum Gasteiger partial charge on any atom is 0.344 e. The van der Waals surface area contributed by atoms with E-state index in [1.54, 1.807) is 48.5 Å². The predicted molar refractivity (Wildman–Crippen MR) is 578 cm³/mol. The SMILES string of the molecule is CCN(CC)c1ccc2c(C)c(-c3ccc(N)c(CCN)c3)c(=O)oc2c1.CCN(CC)c1ccc2c(C)c(-c3ccc(N)c(CCO)c3)c(=O)oc2c1.CCN(CC)c1ccc2c(C)c(-c3ccc4[nH]ccc4c3)c(=O)oc2c1.Cc1cc(=O)oc2ccc(N)c(CCN)c12.Cc1cc(=O)oc2ccc(N)c(CCO)c12.Cc1cc(=O)oc2ccc3[nH]ccc3c12.NCCc1cc2oc(=O)ccc2cc1N. The molecule has 0 atom stereocenters. The Kier molecular flexibility index (Phi) is 33.9. The van der Waals surface area contributed by atoms with Crippen molar-refractivity contribution in [2.45, 2.75) is 115 Å². The lowest BCUT2D eigenvalue weighted by Gasteiger charge is -2.21. The summed E-state index contributed by atoms with van der Waals surface area (Å²) in [6.45, 7) is 31.2. The summed E-state index contributed by atoms with van der Waals surface area (Å²) in [7, 11) is 0. The minimum Gasteiger partial charge on any atom is -0.423 e. The normalized spacial score (nSPS) is 11.1. The molecule has 9 aromatic heterocycles. The van der Waals surface area contributed by atoms with Crippen molar-refractivity contribution in [3.05, 3.63) is 347 Å². The average Bonchev–Trinajstić information content (AvgIpc) is 0.786. The number of aliphatic hydroxyl groups excluding tert-OH is 2. The fourth-order valence-electron chi connectivity index (χ4n) is 18.3. The molecule has 29 heteroatoms. The van der Waals surface area contributed by atoms with E-state index in [9.17, 15) is 38.7 Å². The highest BCUT2D eigenvalue weighted by Crippen LogP contribution is 2.38. The van der Waals surface area contributed by atoms with E-state index in [1.807, 2.05) is 157 Å². The van der Waals surface area contributed by atoms with E-state index in [4.69, 9.17) is 81.9 Å². The molecule has 29 nitrogen and oxygen atoms in total. The van der Waals surface area contributed by atoms with Crippen LogP contribution in [0.2, 0.25) is 0 Å². The molecule has 0 spiro atoms. The third-order valence-corrected chi connectivity index (χ3v) is 25.5. The summed E-state index contributed by atoms with van der Waals surface area (Å²) in [6, 6.07) is 60.9. The van der Waals surface area contributed by atoms with Crippen LogP contribution >= 0.6 is 0 Å². The molecule has 10 aromatic carbocycles. The number of aromatic amines is 2. The van der Waals surface area contributed by atoms with Crippen molar-refractivity contribution >= 4 is 144 Å². The number of nitrogens with one attached hydrogen (secondary N) is 2. The lowest BCUT2D eigenvalue weighted by molar-refractivity contribution is 0.299. The lowest BCUT2D eigenvalue weighted by Crippen LogP contribution is -2.21. The highest BCUT2D eigenvalue weighted by atomic mass is 16.4. The molecule has 736 valence electrons. The second-order valence-electron chi connectivity index (χ2n) is 34.4. The standard InChI is InChI=1S/C22H27N3O2.C22H26N2O3.C22H22N2O2.C12H14N2O2.C12H13NO3.C12H9NO2.C11H12N2O2/c1-4-25(5-2)17-7-8-18-14(3)21(22(26)27-20(18)13-17)16-6-9-19(24)15(12-16)10-11-23;1-4-24(5-2)17-7-8-18-14(3)21(22(26)27-20(18)13-17)16-6-9-19(23)15(12-16)10-11-25;1-4-24(5-2)17-7-8-18-14(3)21(22(25)26-20(18)13-17)16-6-9-19-15(12-16)10-11-23-19;1-7-6-11(15)16-10-3-2-9(14)8(4-5-13)12(7)10;1-7-6-11(15)16-10-3-2-9(13)8(4-5-14)12(7)10;1-7-6-11(14)15-10-3-2-9-8(12(7)10)4-5-13-9;12-4-3-7-6-10-8(5-9(7)13)1-2-11(14)15-10/h6-9,12-13H,4-5,10-11,23-24H2,1-3H3;6-9,12-13,25H,4-5,10-11,23H2,1-3H3;6-13,23H,4-5H2,1-3H3;2-3,6H,4-5,13-14H2,1H3;2-3,6,14H,4-5,13H2,1H3;2-6,13H,1H3;1-2,5-6H,3-4,12-13H2. The van der Waals surface area contributed by atoms with Crippen molar-refractivity contribution in [2.75, 3.05) is 115 Å². The second-order valence-corrected chi connectivity index (χ2v) is 34.4. The minimum atomic E-state index is -0.371. The monoisotopic (exact) mass is 1920 g/mol. The summed E-state index contributed by atoms with van der Waals surface area (Å²) < 4.78 is 37.5. The first-order chi connectivity index (χ1) is 68.3. The zero-order chi connectivity index (χ0) is 102. The highest BCUT2D eigenvalue weighted by molar-refractivity contribution is 6.06. The number of hydrogen-bond donors (Lipinski definition) is 12. The topological polar surface area (TPSA) is 501 Å². The largest absolute Gasteiger partial charge is 0.423 e. The Morgan fingerprint density at radius 3 is 1.09 bits per heavy atom. The first kappa shape index (κ1) is 103. The van der Waals surface area contributed by atoms with Gasteiger partial charge in [-0.05, 0) is 358 Å². The third kappa shape index (κ3) is 23.1. The van der Waals surface area contributed by atoms with E-state index in [2.05, 4.69) is 90.5 Å². The number of benzene rings is 10. The van der Waals surface area contributed by atoms with Crippen molar-refractivity contribution in [2.24, 2.45) is 17.2 Å². The Hall–Kier alpha value is -16.1. The summed E-state index contributed by atoms with van der Waals surface area (Å²) in [4.78, 5) is 96.0. The number of anilines is 8. The number of nitrogens with two attached hydrogens (primary N) is 8. The molecule has 0 saturated heterocycles. The van der Waals surface area contributed by atoms with E-state index < -0.39 is 0 Å². The molecular weight excluding hydrogens is 1800 g/mol. The lowest BCUT2D eigenvalue weighted by atomic mass is 9.96. The van der Waals surface area contributed by atoms with Gasteiger partial charge in [0.2, 0.25) is 0 Å². The van der Waals surface area contributed by atoms with Crippen LogP contribution in [0, 0.1) is 41.5 Å². The first-order valence-electron chi connectivity index (χ1n) is 47.4. The van der Waals surface area contributed by atoms with E-state index in [-0.39, 0.29) is 52.6 Å². The number of fused-ring (bicyclic) bond motifs is 10. The molecule has 19 rings (SSSR count). The van der Waals surface area contributed by atoms with Gasteiger partial charge >= 0.3 is 39.4 Å². The second kappa shape index (κ2) is 46.6. The molecule has 142 heavy (non-hydrogen) atoms. The Balaban J connectivity index is 0.000000141. The van der Waals surface area contributed by atoms with Crippen LogP contribution in [0.15, 0.2) is 277 Å². The van der Waals surface area contributed by atoms with Crippen molar-refractivity contribution in [3.8, 4) is 33.4 Å². The van der Waals surface area contributed by atoms with Crippen LogP contribution in [-0.4, -0.2) is 92.3 Å². The van der Waals surface area contributed by atoms with Crippen LogP contribution < -0.4 is 99.9 Å². The van der Waals surface area contributed by atoms with Crippen LogP contribution in [0.25, 0.3) is 132 Å². The number of hydrogen-bond acceptors (Lipinski definition) is 27. The molecule has 0 aliphatic rings. The van der Waals surface area contributed by atoms with Crippen molar-refractivity contribution in [1.82, 2.24) is 9.97 Å². The van der Waals surface area contributed by atoms with E-state index in [1.165, 1.54) is 24.3 Å². The Morgan fingerprint density at radius 2 is 0.655 bits per heavy atom. The van der Waals surface area contributed by atoms with Gasteiger partial charge < -0.3 is 112 Å². The zero-order valence-electron chi connectivity index (χ0n) is 82.1. The zero-order valence-corrected chi connectivity index (χ0v) is 82.1. The Bertz CT molecular complexity index is 8000. The summed E-state index contributed by atoms with van der Waals surface area (Å²) in [6.07, 6.45) is 6.72. The van der Waals surface area contributed by atoms with Crippen LogP contribution in [-0.2, 0) is 32.1 Å². The summed E-state index contributed by atoms with van der Waals surface area (Å²) in [5.41, 5.74) is 70.7. The smallest absolute Gasteiger partial charge is 0.344 e. The number of H-pyrrole nitrogens is 2. The molecule has 9 heterocycles. The molecule has 20 N–H and O–H groups in total. The number of nitrogens with zero attached hydrogens (tertiary/aromatic N) is 3. The van der Waals surface area contributed by atoms with Gasteiger partial charge in [-0.2, -0.15) is 0 Å². The Morgan fingerprint density at radius 1 is 0.289 bits per heavy atom. The first-order valence-corrected chi connectivity index (χ1v) is 47.4. The molecule has 0 aliphatic heterocycles. The summed E-state index contributed by atoms with van der Waals surface area (Å²) in [5, 5.41) is 26.8. The number of aromatic nitrogens is 2. The van der Waals surface area contributed by atoms with Gasteiger partial charge in [0, 0.05) is 207 Å². The number of nitrogen functional groups attached to an aromatic ring is 5. The van der Waals surface area contributed by atoms with Gasteiger partial charge in [0.25, 0.3) is 0 Å². The van der Waals surface area contributed by atoms with Gasteiger partial charge in [-0.15, -0.1) is 0 Å². The number of rotatable bonds is 22. The van der Waals surface area contributed by atoms with Crippen molar-refractivity contribution in [1.29, 1.82) is 0 Å². The van der Waals surface area contributed by atoms with Crippen molar-refractivity contribution in [3.63, 3.8) is 0 Å². The molecule has 0 bridgehead atoms. The third-order valence-electron chi connectivity index (χ3n) is 25.5. The molecular formula is C113H123N13O16. The van der Waals surface area contributed by atoms with Gasteiger partial charge in [-0.1, -0.05) is 18.2 Å². The van der Waals surface area contributed by atoms with E-state index >= 15 is 0 Å². The molecule has 19 aromatic rings. The van der Waals surface area contributed by atoms with Crippen LogP contribution in [0.4, 0.5) is 45.5 Å².